The van der Waals surface area contributed by atoms with Crippen LogP contribution in [0, 0.1) is 17.6 Å². The van der Waals surface area contributed by atoms with Crippen LogP contribution in [0.2, 0.25) is 0 Å². The smallest absolute Gasteiger partial charge is 0.270 e. The Bertz CT molecular complexity index is 1300. The molecule has 3 N–H and O–H groups in total. The van der Waals surface area contributed by atoms with Crippen LogP contribution in [0.5, 0.6) is 0 Å². The second kappa shape index (κ2) is 18.2. The number of piperazine rings is 1. The van der Waals surface area contributed by atoms with Crippen molar-refractivity contribution in [3.05, 3.63) is 35.5 Å². The molecule has 2 aromatic rings. The number of fused-ring (bicyclic) bond motifs is 1. The van der Waals surface area contributed by atoms with Crippen molar-refractivity contribution in [3.8, 4) is 0 Å². The van der Waals surface area contributed by atoms with Crippen LogP contribution >= 0.6 is 0 Å². The van der Waals surface area contributed by atoms with Crippen molar-refractivity contribution < 1.29 is 42.5 Å². The highest BCUT2D eigenvalue weighted by molar-refractivity contribution is 5.99. The molecule has 0 spiro atoms. The van der Waals surface area contributed by atoms with Crippen LogP contribution in [0.1, 0.15) is 42.6 Å². The summed E-state index contributed by atoms with van der Waals surface area (Å²) < 4.78 is 46.2. The summed E-state index contributed by atoms with van der Waals surface area (Å²) in [6, 6.07) is 3.13. The number of benzene rings is 1. The second-order valence-electron chi connectivity index (χ2n) is 11.7. The third kappa shape index (κ3) is 9.67. The van der Waals surface area contributed by atoms with Crippen LogP contribution in [0.15, 0.2) is 18.2 Å². The van der Waals surface area contributed by atoms with Gasteiger partial charge in [-0.15, -0.1) is 0 Å². The first-order valence-electron chi connectivity index (χ1n) is 16.2. The quantitative estimate of drug-likeness (QED) is 0.220. The van der Waals surface area contributed by atoms with Crippen molar-refractivity contribution in [2.45, 2.75) is 44.7 Å². The van der Waals surface area contributed by atoms with Gasteiger partial charge in [-0.3, -0.25) is 14.4 Å². The lowest BCUT2D eigenvalue weighted by Crippen LogP contribution is -2.58. The van der Waals surface area contributed by atoms with E-state index in [1.807, 2.05) is 0 Å². The van der Waals surface area contributed by atoms with E-state index < -0.39 is 17.7 Å². The number of nitrogens with zero attached hydrogens (tertiary/aromatic N) is 3. The van der Waals surface area contributed by atoms with E-state index in [1.54, 1.807) is 27.5 Å². The molecule has 12 nitrogen and oxygen atoms in total. The minimum atomic E-state index is -1.01. The normalized spacial score (nSPS) is 16.6. The Morgan fingerprint density at radius 1 is 0.870 bits per heavy atom. The average molecular weight is 652 g/mol. The van der Waals surface area contributed by atoms with E-state index in [0.29, 0.717) is 50.4 Å². The first-order valence-corrected chi connectivity index (χ1v) is 16.2. The van der Waals surface area contributed by atoms with Crippen LogP contribution in [0.3, 0.4) is 0 Å². The van der Waals surface area contributed by atoms with E-state index in [-0.39, 0.29) is 75.3 Å². The Labute approximate surface area is 268 Å². The van der Waals surface area contributed by atoms with Gasteiger partial charge in [0.05, 0.1) is 58.3 Å². The molecule has 1 atom stereocenters. The molecule has 1 aliphatic carbocycles. The van der Waals surface area contributed by atoms with Crippen LogP contribution in [0.4, 0.5) is 8.78 Å². The van der Waals surface area contributed by atoms with Gasteiger partial charge in [0.2, 0.25) is 11.8 Å². The molecule has 2 aliphatic rings. The fraction of sp³-hybridized carbons (Fsp3) is 0.656. The molecule has 3 amide bonds. The number of aliphatic hydroxyl groups excluding tert-OH is 1. The highest BCUT2D eigenvalue weighted by atomic mass is 19.2. The third-order valence-electron chi connectivity index (χ3n) is 8.52. The lowest BCUT2D eigenvalue weighted by molar-refractivity contribution is -0.139. The van der Waals surface area contributed by atoms with Crippen LogP contribution in [0.25, 0.3) is 10.9 Å². The number of hydrogen-bond donors (Lipinski definition) is 3. The zero-order chi connectivity index (χ0) is 32.9. The van der Waals surface area contributed by atoms with Crippen molar-refractivity contribution >= 4 is 28.6 Å². The van der Waals surface area contributed by atoms with Gasteiger partial charge in [0.1, 0.15) is 11.7 Å². The second-order valence-corrected chi connectivity index (χ2v) is 11.7. The Morgan fingerprint density at radius 2 is 1.48 bits per heavy atom. The van der Waals surface area contributed by atoms with Gasteiger partial charge in [-0.25, -0.2) is 8.78 Å². The zero-order valence-corrected chi connectivity index (χ0v) is 26.6. The molecule has 2 fully saturated rings. The molecule has 1 saturated carbocycles. The number of carbonyl (C=O) groups is 3. The number of amides is 3. The summed E-state index contributed by atoms with van der Waals surface area (Å²) in [5.41, 5.74) is 0.657. The molecule has 14 heteroatoms. The maximum atomic E-state index is 14.3. The number of halogens is 2. The van der Waals surface area contributed by atoms with Gasteiger partial charge >= 0.3 is 0 Å². The standard InChI is InChI=1S/C32H47F2N5O7/c1-35-22-29(41)36-30(23-5-3-2-4-6-23)32(43)38-9-7-37(8-10-38)31(42)28-20-24-19-25(33)26(34)21-27(24)39(28)11-13-44-15-17-46-18-16-45-14-12-40/h19-21,23,30,35,40H,2-18,22H2,1H3,(H,36,41). The van der Waals surface area contributed by atoms with Gasteiger partial charge in [0.25, 0.3) is 5.91 Å². The number of hydrogen-bond acceptors (Lipinski definition) is 8. The van der Waals surface area contributed by atoms with Crippen molar-refractivity contribution in [2.75, 3.05) is 86.0 Å². The minimum absolute atomic E-state index is 0.0484. The topological polar surface area (TPSA) is 135 Å². The van der Waals surface area contributed by atoms with E-state index in [0.717, 1.165) is 44.2 Å². The zero-order valence-electron chi connectivity index (χ0n) is 26.6. The molecule has 46 heavy (non-hydrogen) atoms. The molecule has 4 rings (SSSR count). The number of ether oxygens (including phenoxy) is 3. The van der Waals surface area contributed by atoms with Crippen LogP contribution in [-0.4, -0.2) is 129 Å². The largest absolute Gasteiger partial charge is 0.394 e. The molecule has 0 radical (unpaired) electrons. The van der Waals surface area contributed by atoms with Crippen molar-refractivity contribution in [1.82, 2.24) is 25.0 Å². The molecule has 1 aliphatic heterocycles. The van der Waals surface area contributed by atoms with E-state index in [2.05, 4.69) is 10.6 Å². The van der Waals surface area contributed by atoms with E-state index >= 15 is 0 Å². The highest BCUT2D eigenvalue weighted by Gasteiger charge is 2.36. The van der Waals surface area contributed by atoms with Gasteiger partial charge < -0.3 is 44.3 Å². The average Bonchev–Trinajstić information content (AvgIpc) is 3.41. The fourth-order valence-corrected chi connectivity index (χ4v) is 6.16. The van der Waals surface area contributed by atoms with Gasteiger partial charge in [-0.2, -0.15) is 0 Å². The predicted molar refractivity (Wildman–Crippen MR) is 166 cm³/mol. The Hall–Kier alpha value is -3.17. The molecular weight excluding hydrogens is 604 g/mol. The summed E-state index contributed by atoms with van der Waals surface area (Å²) in [7, 11) is 1.68. The molecule has 1 aromatic heterocycles. The first kappa shape index (κ1) is 35.7. The highest BCUT2D eigenvalue weighted by Crippen LogP contribution is 2.28. The monoisotopic (exact) mass is 651 g/mol. The summed E-state index contributed by atoms with van der Waals surface area (Å²) in [6.07, 6.45) is 4.96. The molecule has 256 valence electrons. The number of rotatable bonds is 17. The van der Waals surface area contributed by atoms with E-state index in [9.17, 15) is 23.2 Å². The SMILES string of the molecule is CNCC(=O)NC(C(=O)N1CCN(C(=O)c2cc3cc(F)c(F)cc3n2CCOCCOCCOCCO)CC1)C1CCCCC1. The van der Waals surface area contributed by atoms with Crippen molar-refractivity contribution in [1.29, 1.82) is 0 Å². The Balaban J connectivity index is 1.37. The fourth-order valence-electron chi connectivity index (χ4n) is 6.16. The Morgan fingerprint density at radius 3 is 2.13 bits per heavy atom. The van der Waals surface area contributed by atoms with Crippen molar-refractivity contribution in [3.63, 3.8) is 0 Å². The van der Waals surface area contributed by atoms with Gasteiger partial charge in [-0.1, -0.05) is 19.3 Å². The Kier molecular flexibility index (Phi) is 14.1. The summed E-state index contributed by atoms with van der Waals surface area (Å²) in [5.74, 6) is -2.57. The number of carbonyl (C=O) groups excluding carboxylic acids is 3. The number of nitrogens with one attached hydrogen (secondary N) is 2. The van der Waals surface area contributed by atoms with Gasteiger partial charge in [0, 0.05) is 44.2 Å². The molecule has 1 saturated heterocycles. The molecule has 2 heterocycles. The van der Waals surface area contributed by atoms with E-state index in [1.165, 1.54) is 0 Å². The van der Waals surface area contributed by atoms with Gasteiger partial charge in [-0.05, 0) is 37.9 Å². The summed E-state index contributed by atoms with van der Waals surface area (Å²) in [6.45, 7) is 3.29. The van der Waals surface area contributed by atoms with E-state index in [4.69, 9.17) is 19.3 Å². The predicted octanol–water partition coefficient (Wildman–Crippen LogP) is 1.53. The molecule has 1 aromatic carbocycles. The first-order chi connectivity index (χ1) is 22.3. The summed E-state index contributed by atoms with van der Waals surface area (Å²) in [5, 5.41) is 14.9. The van der Waals surface area contributed by atoms with Crippen molar-refractivity contribution in [2.24, 2.45) is 5.92 Å². The lowest BCUT2D eigenvalue weighted by Gasteiger charge is -2.39. The summed E-state index contributed by atoms with van der Waals surface area (Å²) in [4.78, 5) is 43.2. The van der Waals surface area contributed by atoms with Gasteiger partial charge in [0.15, 0.2) is 11.6 Å². The molecule has 0 bridgehead atoms. The third-order valence-corrected chi connectivity index (χ3v) is 8.52. The number of likely N-dealkylation sites (N-methyl/N-ethyl adjacent to an activating group) is 1. The van der Waals surface area contributed by atoms with Crippen LogP contribution in [-0.2, 0) is 30.3 Å². The number of aromatic nitrogens is 1. The maximum Gasteiger partial charge on any atom is 0.270 e. The lowest BCUT2D eigenvalue weighted by atomic mass is 9.83. The molecular formula is C32H47F2N5O7. The molecule has 1 unspecified atom stereocenters. The minimum Gasteiger partial charge on any atom is -0.394 e. The maximum absolute atomic E-state index is 14.3. The summed E-state index contributed by atoms with van der Waals surface area (Å²) >= 11 is 0. The number of aliphatic hydroxyl groups is 1. The van der Waals surface area contributed by atoms with Crippen LogP contribution < -0.4 is 10.6 Å².